The van der Waals surface area contributed by atoms with Crippen LogP contribution in [0.4, 0.5) is 0 Å². The van der Waals surface area contributed by atoms with Crippen LogP contribution in [0.25, 0.3) is 26.5 Å². The van der Waals surface area contributed by atoms with E-state index < -0.39 is 0 Å². The summed E-state index contributed by atoms with van der Waals surface area (Å²) in [7, 11) is 0. The second-order valence-electron chi connectivity index (χ2n) is 8.24. The van der Waals surface area contributed by atoms with Gasteiger partial charge in [-0.15, -0.1) is 0 Å². The Morgan fingerprint density at radius 2 is 1.24 bits per heavy atom. The number of rotatable bonds is 0. The second-order valence-corrected chi connectivity index (χ2v) is 9.29. The molecule has 5 aromatic carbocycles. The van der Waals surface area contributed by atoms with Crippen molar-refractivity contribution in [1.29, 1.82) is 0 Å². The average molecular weight is 444 g/mol. The van der Waals surface area contributed by atoms with Gasteiger partial charge in [-0.25, -0.2) is 0 Å². The van der Waals surface area contributed by atoms with E-state index in [2.05, 4.69) is 0 Å². The van der Waals surface area contributed by atoms with Crippen molar-refractivity contribution >= 4 is 55.6 Å². The van der Waals surface area contributed by atoms with Gasteiger partial charge < -0.3 is 0 Å². The Labute approximate surface area is 190 Å². The van der Waals surface area contributed by atoms with Crippen molar-refractivity contribution in [3.05, 3.63) is 116 Å². The zero-order valence-electron chi connectivity index (χ0n) is 17.0. The fourth-order valence-corrected chi connectivity index (χ4v) is 6.29. The highest BCUT2D eigenvalue weighted by atomic mass is 32.2. The smallest absolute Gasteiger partial charge is 0.202 e. The quantitative estimate of drug-likeness (QED) is 0.348. The average Bonchev–Trinajstić information content (AvgIpc) is 3.32. The minimum atomic E-state index is -0.374. The van der Waals surface area contributed by atoms with Gasteiger partial charge in [-0.2, -0.15) is 0 Å². The second kappa shape index (κ2) is 6.24. The number of thioether (sulfide) groups is 1. The maximum absolute atomic E-state index is 13.7. The van der Waals surface area contributed by atoms with Crippen molar-refractivity contribution in [2.75, 3.05) is 0 Å². The molecule has 0 saturated carbocycles. The predicted molar refractivity (Wildman–Crippen MR) is 127 cm³/mol. The third-order valence-corrected chi connectivity index (χ3v) is 7.73. The molecular formula is C28H12O4S. The Kier molecular flexibility index (Phi) is 3.49. The van der Waals surface area contributed by atoms with Crippen LogP contribution in [0.5, 0.6) is 0 Å². The fourth-order valence-electron chi connectivity index (χ4n) is 5.13. The van der Waals surface area contributed by atoms with Crippen molar-refractivity contribution in [1.82, 2.24) is 0 Å². The van der Waals surface area contributed by atoms with E-state index in [0.717, 1.165) is 16.2 Å². The molecule has 4 nitrogen and oxygen atoms in total. The minimum absolute atomic E-state index is 0.144. The van der Waals surface area contributed by atoms with E-state index in [1.54, 1.807) is 42.5 Å². The lowest BCUT2D eigenvalue weighted by atomic mass is 9.81. The number of fused-ring (bicyclic) bond motifs is 4. The summed E-state index contributed by atoms with van der Waals surface area (Å²) in [5, 5.41) is 3.48. The van der Waals surface area contributed by atoms with Gasteiger partial charge in [0, 0.05) is 48.7 Å². The molecule has 5 aromatic rings. The zero-order valence-corrected chi connectivity index (χ0v) is 17.8. The number of carbonyl (C=O) groups is 3. The SMILES string of the molecule is O=C1c2ccccc2C(=O)c2c1ccc1c2C(=O)C(=c2c(=O)c3cccc4cccc2c43)S1. The van der Waals surface area contributed by atoms with E-state index in [4.69, 9.17) is 0 Å². The number of hydrogen-bond donors (Lipinski definition) is 0. The summed E-state index contributed by atoms with van der Waals surface area (Å²) in [5.74, 6) is -0.975. The van der Waals surface area contributed by atoms with Crippen LogP contribution in [-0.2, 0) is 0 Å². The first-order valence-electron chi connectivity index (χ1n) is 10.5. The van der Waals surface area contributed by atoms with Crippen LogP contribution in [0.3, 0.4) is 0 Å². The molecule has 2 aliphatic rings. The van der Waals surface area contributed by atoms with E-state index >= 15 is 0 Å². The molecule has 1 aliphatic carbocycles. The molecule has 0 saturated heterocycles. The molecule has 1 heterocycles. The molecular weight excluding hydrogens is 432 g/mol. The first-order chi connectivity index (χ1) is 16.1. The Morgan fingerprint density at radius 3 is 2.00 bits per heavy atom. The molecule has 1 aliphatic heterocycles. The molecule has 0 unspecified atom stereocenters. The van der Waals surface area contributed by atoms with Crippen molar-refractivity contribution in [2.24, 2.45) is 0 Å². The molecule has 0 fully saturated rings. The standard InChI is InChI=1S/C28H12O4S/c29-24-14-7-1-2-8-15(14)25(30)21-18(24)11-12-19-23(21)27(32)28(33-19)22-16-9-3-5-13-6-4-10-17(20(13)16)26(22)31/h1-12H. The summed E-state index contributed by atoms with van der Waals surface area (Å²) < 4.78 is 0. The van der Waals surface area contributed by atoms with Crippen LogP contribution < -0.4 is 10.6 Å². The summed E-state index contributed by atoms with van der Waals surface area (Å²) in [6.45, 7) is 0. The minimum Gasteiger partial charge on any atom is -0.289 e. The lowest BCUT2D eigenvalue weighted by Crippen LogP contribution is -2.25. The van der Waals surface area contributed by atoms with Gasteiger partial charge >= 0.3 is 0 Å². The van der Waals surface area contributed by atoms with Gasteiger partial charge in [0.2, 0.25) is 5.78 Å². The molecule has 0 spiro atoms. The van der Waals surface area contributed by atoms with Gasteiger partial charge in [0.1, 0.15) is 0 Å². The molecule has 33 heavy (non-hydrogen) atoms. The zero-order chi connectivity index (χ0) is 22.4. The van der Waals surface area contributed by atoms with Gasteiger partial charge in [-0.05, 0) is 22.9 Å². The lowest BCUT2D eigenvalue weighted by molar-refractivity contribution is 0.0973. The molecule has 154 valence electrons. The number of ketones is 3. The van der Waals surface area contributed by atoms with Crippen molar-refractivity contribution in [3.63, 3.8) is 0 Å². The van der Waals surface area contributed by atoms with Gasteiger partial charge in [-0.1, -0.05) is 72.4 Å². The highest BCUT2D eigenvalue weighted by Crippen LogP contribution is 2.45. The van der Waals surface area contributed by atoms with Gasteiger partial charge in [-0.3, -0.25) is 19.2 Å². The van der Waals surface area contributed by atoms with E-state index in [0.29, 0.717) is 31.5 Å². The van der Waals surface area contributed by atoms with E-state index in [9.17, 15) is 19.2 Å². The van der Waals surface area contributed by atoms with Crippen molar-refractivity contribution in [3.8, 4) is 0 Å². The molecule has 0 aromatic heterocycles. The lowest BCUT2D eigenvalue weighted by Gasteiger charge is -2.19. The molecule has 0 N–H and O–H groups in total. The Balaban J connectivity index is 1.55. The topological polar surface area (TPSA) is 68.3 Å². The molecule has 5 heteroatoms. The van der Waals surface area contributed by atoms with Crippen LogP contribution in [0, 0.1) is 0 Å². The van der Waals surface area contributed by atoms with Gasteiger partial charge in [0.25, 0.3) is 0 Å². The van der Waals surface area contributed by atoms with Gasteiger partial charge in [0.15, 0.2) is 17.0 Å². The Hall–Kier alpha value is -4.09. The summed E-state index contributed by atoms with van der Waals surface area (Å²) in [6, 6.07) is 21.2. The first kappa shape index (κ1) is 18.5. The molecule has 7 rings (SSSR count). The van der Waals surface area contributed by atoms with Crippen molar-refractivity contribution < 1.29 is 14.4 Å². The number of benzene rings is 4. The van der Waals surface area contributed by atoms with E-state index in [1.807, 2.05) is 30.3 Å². The van der Waals surface area contributed by atoms with E-state index in [1.165, 1.54) is 11.8 Å². The maximum Gasteiger partial charge on any atom is 0.202 e. The molecule has 0 radical (unpaired) electrons. The number of hydrogen-bond acceptors (Lipinski definition) is 5. The van der Waals surface area contributed by atoms with Crippen molar-refractivity contribution in [2.45, 2.75) is 4.90 Å². The van der Waals surface area contributed by atoms with Crippen LogP contribution >= 0.6 is 11.8 Å². The van der Waals surface area contributed by atoms with Crippen LogP contribution in [0.15, 0.2) is 82.5 Å². The molecule has 0 amide bonds. The Morgan fingerprint density at radius 1 is 0.545 bits per heavy atom. The normalized spacial score (nSPS) is 16.4. The highest BCUT2D eigenvalue weighted by Gasteiger charge is 2.39. The fraction of sp³-hybridized carbons (Fsp3) is 0. The highest BCUT2D eigenvalue weighted by molar-refractivity contribution is 8.10. The summed E-state index contributed by atoms with van der Waals surface area (Å²) in [6.07, 6.45) is 0. The van der Waals surface area contributed by atoms with Gasteiger partial charge in [0.05, 0.1) is 4.91 Å². The van der Waals surface area contributed by atoms with Crippen LogP contribution in [0.1, 0.15) is 42.2 Å². The summed E-state index contributed by atoms with van der Waals surface area (Å²) >= 11 is 1.20. The monoisotopic (exact) mass is 444 g/mol. The first-order valence-corrected chi connectivity index (χ1v) is 11.3. The van der Waals surface area contributed by atoms with Crippen LogP contribution in [0.2, 0.25) is 0 Å². The number of Topliss-reactive ketones (excluding diaryl/α,β-unsaturated/α-hetero) is 1. The Bertz CT molecular complexity index is 1860. The predicted octanol–water partition coefficient (Wildman–Crippen LogP) is 4.38. The summed E-state index contributed by atoms with van der Waals surface area (Å²) in [5.41, 5.74) is 1.07. The maximum atomic E-state index is 13.7. The van der Waals surface area contributed by atoms with E-state index in [-0.39, 0.29) is 39.5 Å². The molecule has 0 bridgehead atoms. The number of carbonyl (C=O) groups excluding carboxylic acids is 3. The summed E-state index contributed by atoms with van der Waals surface area (Å²) in [4.78, 5) is 54.5. The third kappa shape index (κ3) is 2.22. The largest absolute Gasteiger partial charge is 0.289 e. The third-order valence-electron chi connectivity index (χ3n) is 6.57. The molecule has 0 atom stereocenters. The van der Waals surface area contributed by atoms with Crippen LogP contribution in [-0.4, -0.2) is 17.3 Å².